The number of aliphatic hydroxyl groups is 1. The predicted molar refractivity (Wildman–Crippen MR) is 67.4 cm³/mol. The van der Waals surface area contributed by atoms with E-state index in [1.54, 1.807) is 24.3 Å². The number of hydrogen-bond acceptors (Lipinski definition) is 3. The second-order valence-electron chi connectivity index (χ2n) is 4.85. The molecule has 0 radical (unpaired) electrons. The van der Waals surface area contributed by atoms with E-state index in [1.165, 1.54) is 18.4 Å². The third-order valence-corrected chi connectivity index (χ3v) is 4.64. The first kappa shape index (κ1) is 14.2. The third kappa shape index (κ3) is 2.86. The van der Waals surface area contributed by atoms with Crippen LogP contribution in [0.15, 0.2) is 29.2 Å². The Morgan fingerprint density at radius 2 is 1.65 bits per heavy atom. The van der Waals surface area contributed by atoms with Crippen molar-refractivity contribution in [3.63, 3.8) is 0 Å². The fourth-order valence-electron chi connectivity index (χ4n) is 1.38. The third-order valence-electron chi connectivity index (χ3n) is 2.81. The van der Waals surface area contributed by atoms with Crippen molar-refractivity contribution in [3.05, 3.63) is 29.8 Å². The van der Waals surface area contributed by atoms with Gasteiger partial charge < -0.3 is 5.11 Å². The van der Waals surface area contributed by atoms with Crippen LogP contribution in [0.1, 0.15) is 19.4 Å². The number of aliphatic hydroxyl groups excluding tert-OH is 1. The standard InChI is InChI=1S/C12H19NO3S/c1-12(2,9-14)10-5-7-11(8-6-10)17(15,16)13(3)4/h5-8,14H,9H2,1-4H3. The second-order valence-corrected chi connectivity index (χ2v) is 7.01. The molecule has 0 amide bonds. The molecule has 96 valence electrons. The molecule has 0 bridgehead atoms. The summed E-state index contributed by atoms with van der Waals surface area (Å²) < 4.78 is 24.9. The molecule has 0 spiro atoms. The van der Waals surface area contributed by atoms with Crippen LogP contribution in [0, 0.1) is 0 Å². The first-order chi connectivity index (χ1) is 7.71. The highest BCUT2D eigenvalue weighted by atomic mass is 32.2. The lowest BCUT2D eigenvalue weighted by atomic mass is 9.86. The van der Waals surface area contributed by atoms with Gasteiger partial charge in [-0.3, -0.25) is 0 Å². The number of nitrogens with zero attached hydrogens (tertiary/aromatic N) is 1. The van der Waals surface area contributed by atoms with Crippen LogP contribution in [0.2, 0.25) is 0 Å². The van der Waals surface area contributed by atoms with Crippen LogP contribution in [0.5, 0.6) is 0 Å². The molecule has 0 aliphatic heterocycles. The first-order valence-corrected chi connectivity index (χ1v) is 6.80. The van der Waals surface area contributed by atoms with Crippen molar-refractivity contribution in [2.75, 3.05) is 20.7 Å². The van der Waals surface area contributed by atoms with Crippen molar-refractivity contribution in [3.8, 4) is 0 Å². The largest absolute Gasteiger partial charge is 0.395 e. The van der Waals surface area contributed by atoms with Gasteiger partial charge in [0.05, 0.1) is 11.5 Å². The van der Waals surface area contributed by atoms with Crippen molar-refractivity contribution in [2.24, 2.45) is 0 Å². The minimum atomic E-state index is -3.38. The van der Waals surface area contributed by atoms with Crippen LogP contribution < -0.4 is 0 Å². The summed E-state index contributed by atoms with van der Waals surface area (Å²) >= 11 is 0. The van der Waals surface area contributed by atoms with Gasteiger partial charge in [-0.1, -0.05) is 26.0 Å². The number of hydrogen-bond donors (Lipinski definition) is 1. The Bertz CT molecular complexity index is 475. The molecule has 1 N–H and O–H groups in total. The normalized spacial score (nSPS) is 13.1. The van der Waals surface area contributed by atoms with Gasteiger partial charge in [0.25, 0.3) is 0 Å². The Morgan fingerprint density at radius 1 is 1.18 bits per heavy atom. The summed E-state index contributed by atoms with van der Waals surface area (Å²) in [6.45, 7) is 3.83. The molecule has 17 heavy (non-hydrogen) atoms. The van der Waals surface area contributed by atoms with E-state index in [9.17, 15) is 13.5 Å². The summed E-state index contributed by atoms with van der Waals surface area (Å²) in [7, 11) is -0.373. The monoisotopic (exact) mass is 257 g/mol. The maximum absolute atomic E-state index is 11.8. The van der Waals surface area contributed by atoms with E-state index in [-0.39, 0.29) is 16.9 Å². The van der Waals surface area contributed by atoms with Gasteiger partial charge in [0.2, 0.25) is 10.0 Å². The molecule has 5 heteroatoms. The van der Waals surface area contributed by atoms with Crippen LogP contribution in [0.4, 0.5) is 0 Å². The SMILES string of the molecule is CN(C)S(=O)(=O)c1ccc(C(C)(C)CO)cc1. The van der Waals surface area contributed by atoms with Gasteiger partial charge in [-0.05, 0) is 17.7 Å². The molecule has 0 fully saturated rings. The van der Waals surface area contributed by atoms with Crippen LogP contribution >= 0.6 is 0 Å². The van der Waals surface area contributed by atoms with Crippen LogP contribution in [0.3, 0.4) is 0 Å². The van der Waals surface area contributed by atoms with Crippen LogP contribution in [0.25, 0.3) is 0 Å². The Balaban J connectivity index is 3.14. The molecular weight excluding hydrogens is 238 g/mol. The quantitative estimate of drug-likeness (QED) is 0.882. The smallest absolute Gasteiger partial charge is 0.242 e. The fraction of sp³-hybridized carbons (Fsp3) is 0.500. The average Bonchev–Trinajstić information content (AvgIpc) is 2.29. The number of sulfonamides is 1. The van der Waals surface area contributed by atoms with Gasteiger partial charge in [-0.25, -0.2) is 12.7 Å². The second kappa shape index (κ2) is 4.76. The molecule has 0 heterocycles. The van der Waals surface area contributed by atoms with Gasteiger partial charge in [0.1, 0.15) is 0 Å². The summed E-state index contributed by atoms with van der Waals surface area (Å²) in [5, 5.41) is 9.24. The zero-order valence-corrected chi connectivity index (χ0v) is 11.5. The molecule has 1 aromatic carbocycles. The summed E-state index contributed by atoms with van der Waals surface area (Å²) in [4.78, 5) is 0.264. The Morgan fingerprint density at radius 3 is 2.00 bits per heavy atom. The lowest BCUT2D eigenvalue weighted by Crippen LogP contribution is -2.24. The van der Waals surface area contributed by atoms with Crippen molar-refractivity contribution < 1.29 is 13.5 Å². The Labute approximate surface area is 103 Å². The molecule has 0 aromatic heterocycles. The molecule has 0 atom stereocenters. The molecule has 0 saturated carbocycles. The van der Waals surface area contributed by atoms with Crippen molar-refractivity contribution >= 4 is 10.0 Å². The minimum Gasteiger partial charge on any atom is -0.395 e. The Hall–Kier alpha value is -0.910. The fourth-order valence-corrected chi connectivity index (χ4v) is 2.28. The van der Waals surface area contributed by atoms with E-state index in [0.717, 1.165) is 5.56 Å². The zero-order chi connectivity index (χ0) is 13.3. The average molecular weight is 257 g/mol. The molecule has 0 saturated heterocycles. The molecule has 0 aliphatic rings. The minimum absolute atomic E-state index is 0.0206. The molecule has 4 nitrogen and oxygen atoms in total. The van der Waals surface area contributed by atoms with Gasteiger partial charge >= 0.3 is 0 Å². The van der Waals surface area contributed by atoms with Gasteiger partial charge in [0, 0.05) is 19.5 Å². The predicted octanol–water partition coefficient (Wildman–Crippen LogP) is 1.21. The number of rotatable bonds is 4. The van der Waals surface area contributed by atoms with E-state index in [2.05, 4.69) is 0 Å². The summed E-state index contributed by atoms with van der Waals surface area (Å²) in [5.41, 5.74) is 0.554. The summed E-state index contributed by atoms with van der Waals surface area (Å²) in [6, 6.07) is 6.63. The van der Waals surface area contributed by atoms with Crippen LogP contribution in [-0.2, 0) is 15.4 Å². The number of benzene rings is 1. The lowest BCUT2D eigenvalue weighted by molar-refractivity contribution is 0.218. The van der Waals surface area contributed by atoms with Crippen molar-refractivity contribution in [2.45, 2.75) is 24.2 Å². The highest BCUT2D eigenvalue weighted by Gasteiger charge is 2.21. The summed E-state index contributed by atoms with van der Waals surface area (Å²) in [5.74, 6) is 0. The molecule has 1 aromatic rings. The van der Waals surface area contributed by atoms with Gasteiger partial charge in [-0.15, -0.1) is 0 Å². The van der Waals surface area contributed by atoms with Crippen molar-refractivity contribution in [1.29, 1.82) is 0 Å². The highest BCUT2D eigenvalue weighted by molar-refractivity contribution is 7.89. The highest BCUT2D eigenvalue weighted by Crippen LogP contribution is 2.24. The van der Waals surface area contributed by atoms with Gasteiger partial charge in [-0.2, -0.15) is 0 Å². The van der Waals surface area contributed by atoms with Crippen LogP contribution in [-0.4, -0.2) is 38.5 Å². The lowest BCUT2D eigenvalue weighted by Gasteiger charge is -2.22. The van der Waals surface area contributed by atoms with Crippen molar-refractivity contribution in [1.82, 2.24) is 4.31 Å². The molecule has 1 rings (SSSR count). The maximum atomic E-state index is 11.8. The molecule has 0 aliphatic carbocycles. The van der Waals surface area contributed by atoms with E-state index < -0.39 is 10.0 Å². The first-order valence-electron chi connectivity index (χ1n) is 5.36. The van der Waals surface area contributed by atoms with E-state index >= 15 is 0 Å². The molecule has 0 unspecified atom stereocenters. The summed E-state index contributed by atoms with van der Waals surface area (Å²) in [6.07, 6.45) is 0. The topological polar surface area (TPSA) is 57.6 Å². The zero-order valence-electron chi connectivity index (χ0n) is 10.6. The van der Waals surface area contributed by atoms with Gasteiger partial charge in [0.15, 0.2) is 0 Å². The van der Waals surface area contributed by atoms with E-state index in [4.69, 9.17) is 0 Å². The van der Waals surface area contributed by atoms with E-state index in [1.807, 2.05) is 13.8 Å². The van der Waals surface area contributed by atoms with E-state index in [0.29, 0.717) is 0 Å². The maximum Gasteiger partial charge on any atom is 0.242 e. The molecular formula is C12H19NO3S. The Kier molecular flexibility index (Phi) is 3.96.